The van der Waals surface area contributed by atoms with Gasteiger partial charge in [0.25, 0.3) is 0 Å². The zero-order valence-corrected chi connectivity index (χ0v) is 14.2. The van der Waals surface area contributed by atoms with Gasteiger partial charge >= 0.3 is 26.2 Å². The van der Waals surface area contributed by atoms with Crippen LogP contribution >= 0.6 is 0 Å². The molecule has 2 aromatic rings. The first-order chi connectivity index (χ1) is 6.00. The fourth-order valence-electron chi connectivity index (χ4n) is 0.625. The summed E-state index contributed by atoms with van der Waals surface area (Å²) in [5, 5.41) is 0. The predicted octanol–water partition coefficient (Wildman–Crippen LogP) is -9.82. The summed E-state index contributed by atoms with van der Waals surface area (Å²) in [7, 11) is 0. The topological polar surface area (TPSA) is 25.8 Å². The Hall–Kier alpha value is 0.343. The summed E-state index contributed by atoms with van der Waals surface area (Å²) in [5.74, 6) is 0. The molecule has 0 atom stereocenters. The Kier molecular flexibility index (Phi) is 45.2. The van der Waals surface area contributed by atoms with E-state index in [0.717, 1.165) is 0 Å². The molecule has 0 aliphatic heterocycles. The van der Waals surface area contributed by atoms with Crippen molar-refractivity contribution in [1.82, 2.24) is 9.97 Å². The van der Waals surface area contributed by atoms with Crippen LogP contribution in [0, 0.1) is 0 Å². The summed E-state index contributed by atoms with van der Waals surface area (Å²) >= 11 is 0. The van der Waals surface area contributed by atoms with Crippen molar-refractivity contribution < 1.29 is 75.8 Å². The van der Waals surface area contributed by atoms with Gasteiger partial charge in [-0.3, -0.25) is 9.97 Å². The van der Waals surface area contributed by atoms with Crippen LogP contribution < -0.4 is 49.6 Å². The molecule has 2 heterocycles. The van der Waals surface area contributed by atoms with Crippen molar-refractivity contribution in [2.75, 3.05) is 0 Å². The van der Waals surface area contributed by atoms with E-state index in [-0.39, 0.29) is 75.8 Å². The number of aromatic nitrogens is 2. The van der Waals surface area contributed by atoms with Gasteiger partial charge in [0.1, 0.15) is 0 Å². The van der Waals surface area contributed by atoms with E-state index < -0.39 is 0 Å². The third kappa shape index (κ3) is 22.1. The number of nitrogens with zero attached hydrogens (tertiary/aromatic N) is 2. The second-order valence-corrected chi connectivity index (χ2v) is 2.05. The molecule has 2 rings (SSSR count). The van der Waals surface area contributed by atoms with E-state index in [4.69, 9.17) is 0 Å². The minimum Gasteiger partial charge on any atom is -1.00 e. The van der Waals surface area contributed by atoms with Gasteiger partial charge in [-0.05, 0) is 24.3 Å². The van der Waals surface area contributed by atoms with E-state index in [9.17, 15) is 0 Å². The van der Waals surface area contributed by atoms with Crippen LogP contribution in [0.4, 0.5) is 0 Å². The minimum absolute atomic E-state index is 0. The molecule has 0 bridgehead atoms. The maximum Gasteiger partial charge on any atom is 4.00 e. The van der Waals surface area contributed by atoms with E-state index >= 15 is 0 Å². The minimum atomic E-state index is 0. The monoisotopic (exact) mass is 388 g/mol. The van der Waals surface area contributed by atoms with Crippen molar-refractivity contribution in [2.45, 2.75) is 0 Å². The number of halogens is 4. The maximum atomic E-state index is 3.78. The third-order valence-electron chi connectivity index (χ3n) is 1.13. The summed E-state index contributed by atoms with van der Waals surface area (Å²) in [6.07, 6.45) is 7.00. The molecule has 92 valence electrons. The summed E-state index contributed by atoms with van der Waals surface area (Å²) in [4.78, 5) is 7.57. The van der Waals surface area contributed by atoms with Crippen LogP contribution in [0.5, 0.6) is 0 Å². The van der Waals surface area contributed by atoms with Gasteiger partial charge in [-0.25, -0.2) is 0 Å². The van der Waals surface area contributed by atoms with E-state index in [2.05, 4.69) is 9.97 Å². The molecule has 17 heavy (non-hydrogen) atoms. The Balaban J connectivity index is -0.0000000436. The van der Waals surface area contributed by atoms with Crippen LogP contribution in [-0.2, 0) is 26.2 Å². The molecule has 0 saturated heterocycles. The van der Waals surface area contributed by atoms with Gasteiger partial charge in [-0.1, -0.05) is 12.1 Å². The van der Waals surface area contributed by atoms with Crippen molar-refractivity contribution in [1.29, 1.82) is 0 Å². The molecule has 0 amide bonds. The van der Waals surface area contributed by atoms with Crippen molar-refractivity contribution >= 4 is 0 Å². The van der Waals surface area contributed by atoms with Crippen molar-refractivity contribution in [3.8, 4) is 0 Å². The van der Waals surface area contributed by atoms with Crippen molar-refractivity contribution in [3.05, 3.63) is 61.2 Å². The Morgan fingerprint density at radius 1 is 0.412 bits per heavy atom. The fourth-order valence-corrected chi connectivity index (χ4v) is 0.625. The molecular formula is C10H10Cl4N2Zr. The Morgan fingerprint density at radius 2 is 0.647 bits per heavy atom. The van der Waals surface area contributed by atoms with Crippen LogP contribution in [0.25, 0.3) is 0 Å². The predicted molar refractivity (Wildman–Crippen MR) is 48.5 cm³/mol. The number of hydrogen-bond donors (Lipinski definition) is 0. The van der Waals surface area contributed by atoms with Crippen LogP contribution in [0.15, 0.2) is 61.2 Å². The average Bonchev–Trinajstić information content (AvgIpc) is 2.24. The summed E-state index contributed by atoms with van der Waals surface area (Å²) in [5.41, 5.74) is 0. The summed E-state index contributed by atoms with van der Waals surface area (Å²) in [6, 6.07) is 11.4. The summed E-state index contributed by atoms with van der Waals surface area (Å²) in [6.45, 7) is 0. The van der Waals surface area contributed by atoms with E-state index in [1.54, 1.807) is 24.8 Å². The number of hydrogen-bond acceptors (Lipinski definition) is 2. The molecule has 2 aromatic heterocycles. The van der Waals surface area contributed by atoms with Crippen LogP contribution in [-0.4, -0.2) is 9.97 Å². The quantitative estimate of drug-likeness (QED) is 0.446. The third-order valence-corrected chi connectivity index (χ3v) is 1.13. The largest absolute Gasteiger partial charge is 4.00 e. The van der Waals surface area contributed by atoms with Gasteiger partial charge in [0.15, 0.2) is 0 Å². The molecule has 0 saturated carbocycles. The number of rotatable bonds is 0. The van der Waals surface area contributed by atoms with Gasteiger partial charge in [-0.2, -0.15) is 0 Å². The van der Waals surface area contributed by atoms with E-state index in [1.807, 2.05) is 36.4 Å². The summed E-state index contributed by atoms with van der Waals surface area (Å²) < 4.78 is 0. The van der Waals surface area contributed by atoms with Gasteiger partial charge in [0.05, 0.1) is 0 Å². The average molecular weight is 391 g/mol. The smallest absolute Gasteiger partial charge is 1.00 e. The first kappa shape index (κ1) is 30.4. The molecule has 0 N–H and O–H groups in total. The number of pyridine rings is 2. The molecular weight excluding hydrogens is 381 g/mol. The second-order valence-electron chi connectivity index (χ2n) is 2.05. The van der Waals surface area contributed by atoms with E-state index in [0.29, 0.717) is 0 Å². The van der Waals surface area contributed by atoms with Crippen LogP contribution in [0.1, 0.15) is 0 Å². The van der Waals surface area contributed by atoms with Gasteiger partial charge in [-0.15, -0.1) is 0 Å². The fraction of sp³-hybridized carbons (Fsp3) is 0. The molecule has 0 fully saturated rings. The first-order valence-electron chi connectivity index (χ1n) is 3.70. The molecule has 0 aromatic carbocycles. The first-order valence-corrected chi connectivity index (χ1v) is 3.70. The van der Waals surface area contributed by atoms with Crippen LogP contribution in [0.3, 0.4) is 0 Å². The van der Waals surface area contributed by atoms with Gasteiger partial charge in [0, 0.05) is 24.8 Å². The SMILES string of the molecule is [Cl-].[Cl-].[Cl-].[Cl-].[Zr+4].c1ccncc1.c1ccncc1. The zero-order valence-electron chi connectivity index (χ0n) is 8.68. The molecule has 0 radical (unpaired) electrons. The molecule has 2 nitrogen and oxygen atoms in total. The Labute approximate surface area is 146 Å². The Morgan fingerprint density at radius 3 is 0.706 bits per heavy atom. The molecule has 0 aliphatic carbocycles. The van der Waals surface area contributed by atoms with E-state index in [1.165, 1.54) is 0 Å². The van der Waals surface area contributed by atoms with Gasteiger partial charge < -0.3 is 49.6 Å². The van der Waals surface area contributed by atoms with Crippen LogP contribution in [0.2, 0.25) is 0 Å². The molecule has 0 unspecified atom stereocenters. The van der Waals surface area contributed by atoms with Crippen molar-refractivity contribution in [2.24, 2.45) is 0 Å². The normalized spacial score (nSPS) is 5.65. The zero-order chi connectivity index (χ0) is 8.49. The second kappa shape index (κ2) is 25.3. The molecule has 7 heteroatoms. The molecule has 0 aliphatic rings. The maximum absolute atomic E-state index is 3.78. The molecule has 0 spiro atoms. The van der Waals surface area contributed by atoms with Crippen molar-refractivity contribution in [3.63, 3.8) is 0 Å². The van der Waals surface area contributed by atoms with Gasteiger partial charge in [0.2, 0.25) is 0 Å². The Bertz CT molecular complexity index is 202. The standard InChI is InChI=1S/2C5H5N.4ClH.Zr/c2*1-2-4-6-5-3-1;;;;;/h2*1-5H;4*1H;/q;;;;;;+4/p-4.